The highest BCUT2D eigenvalue weighted by atomic mass is 32.1. The second-order valence-corrected chi connectivity index (χ2v) is 20.7. The SMILES string of the molecule is c1ccc(-c2ccc(N(c3ccc4c(c3)sc3ccccc34)c3ccc(-c4ccc5c(c4)-c4ccccc4C54C5CC6CC(C5)CC4C6)c(-c4ccccc4)c3-c3ccccc3)cc2)cc1. The van der Waals surface area contributed by atoms with Crippen molar-refractivity contribution < 1.29 is 0 Å². The summed E-state index contributed by atoms with van der Waals surface area (Å²) in [5.74, 6) is 3.33. The van der Waals surface area contributed by atoms with Crippen molar-refractivity contribution in [3.05, 3.63) is 223 Å². The Bertz CT molecular complexity index is 3450. The Kier molecular flexibility index (Phi) is 8.71. The molecular weight excluding hydrogens is 815 g/mol. The van der Waals surface area contributed by atoms with Gasteiger partial charge in [-0.3, -0.25) is 0 Å². The van der Waals surface area contributed by atoms with Crippen molar-refractivity contribution in [1.82, 2.24) is 0 Å². The van der Waals surface area contributed by atoms with Crippen molar-refractivity contribution in [3.8, 4) is 55.6 Å². The number of hydrogen-bond donors (Lipinski definition) is 0. The lowest BCUT2D eigenvalue weighted by molar-refractivity contribution is -0.0399. The Morgan fingerprint density at radius 1 is 0.364 bits per heavy atom. The van der Waals surface area contributed by atoms with Gasteiger partial charge in [-0.25, -0.2) is 0 Å². The van der Waals surface area contributed by atoms with Gasteiger partial charge in [-0.05, 0) is 159 Å². The zero-order chi connectivity index (χ0) is 43.3. The molecule has 0 radical (unpaired) electrons. The number of thiophene rings is 1. The number of anilines is 3. The molecule has 5 aliphatic rings. The van der Waals surface area contributed by atoms with Crippen LogP contribution in [0.4, 0.5) is 17.1 Å². The standard InChI is InChI=1S/C64H49NS/c1-4-14-43(15-5-1)44-24-27-50(28-25-44)65(51-29-30-55-54-21-11-13-23-60(54)66-61(55)40-51)59-33-31-52(62(45-16-6-2-7-17-45)63(59)46-18-8-3-9-19-46)47-26-32-58-56(39-47)53-20-10-12-22-57(53)64(58)48-35-41-34-42(37-48)38-49(64)36-41/h1-33,39-42,48-49H,34-38H2. The predicted molar refractivity (Wildman–Crippen MR) is 279 cm³/mol. The quantitative estimate of drug-likeness (QED) is 0.154. The van der Waals surface area contributed by atoms with Crippen LogP contribution in [0.1, 0.15) is 43.2 Å². The van der Waals surface area contributed by atoms with E-state index in [0.717, 1.165) is 40.7 Å². The van der Waals surface area contributed by atoms with E-state index in [1.54, 1.807) is 11.1 Å². The van der Waals surface area contributed by atoms with Crippen molar-refractivity contribution in [1.29, 1.82) is 0 Å². The van der Waals surface area contributed by atoms with Crippen LogP contribution >= 0.6 is 11.3 Å². The first-order valence-corrected chi connectivity index (χ1v) is 24.9. The molecule has 1 spiro atoms. The first-order chi connectivity index (χ1) is 32.7. The number of rotatable bonds is 7. The molecule has 15 rings (SSSR count). The first kappa shape index (κ1) is 38.3. The molecule has 0 N–H and O–H groups in total. The number of benzene rings is 9. The van der Waals surface area contributed by atoms with Gasteiger partial charge in [0.15, 0.2) is 0 Å². The van der Waals surface area contributed by atoms with Crippen LogP contribution in [0.15, 0.2) is 212 Å². The van der Waals surface area contributed by atoms with Gasteiger partial charge in [0, 0.05) is 42.5 Å². The fourth-order valence-electron chi connectivity index (χ4n) is 13.9. The lowest BCUT2D eigenvalue weighted by Gasteiger charge is -2.61. The molecule has 0 amide bonds. The van der Waals surface area contributed by atoms with Gasteiger partial charge in [0.05, 0.1) is 5.69 Å². The van der Waals surface area contributed by atoms with Crippen LogP contribution in [0.25, 0.3) is 75.8 Å². The van der Waals surface area contributed by atoms with Gasteiger partial charge in [-0.2, -0.15) is 0 Å². The molecule has 0 saturated heterocycles. The summed E-state index contributed by atoms with van der Waals surface area (Å²) in [6.07, 6.45) is 7.04. The Balaban J connectivity index is 1.01. The van der Waals surface area contributed by atoms with Crippen LogP contribution in [0.5, 0.6) is 0 Å². The molecule has 10 aromatic rings. The van der Waals surface area contributed by atoms with E-state index in [1.165, 1.54) is 108 Å². The molecule has 0 aliphatic heterocycles. The lowest BCUT2D eigenvalue weighted by Crippen LogP contribution is -2.55. The average Bonchev–Trinajstić information content (AvgIpc) is 3.89. The fraction of sp³-hybridized carbons (Fsp3) is 0.156. The van der Waals surface area contributed by atoms with Gasteiger partial charge >= 0.3 is 0 Å². The van der Waals surface area contributed by atoms with E-state index in [9.17, 15) is 0 Å². The third-order valence-electron chi connectivity index (χ3n) is 16.3. The third-order valence-corrected chi connectivity index (χ3v) is 17.4. The molecule has 4 saturated carbocycles. The number of fused-ring (bicyclic) bond motifs is 6. The summed E-state index contributed by atoms with van der Waals surface area (Å²) in [5, 5.41) is 2.62. The van der Waals surface area contributed by atoms with E-state index in [1.807, 2.05) is 11.3 Å². The molecule has 9 aromatic carbocycles. The maximum atomic E-state index is 2.58. The highest BCUT2D eigenvalue weighted by Crippen LogP contribution is 2.69. The smallest absolute Gasteiger partial charge is 0.0546 e. The summed E-state index contributed by atoms with van der Waals surface area (Å²) in [4.78, 5) is 2.51. The molecule has 316 valence electrons. The van der Waals surface area contributed by atoms with Crippen molar-refractivity contribution in [3.63, 3.8) is 0 Å². The molecule has 5 aliphatic carbocycles. The van der Waals surface area contributed by atoms with Gasteiger partial charge in [-0.15, -0.1) is 11.3 Å². The minimum atomic E-state index is 0.144. The minimum Gasteiger partial charge on any atom is -0.310 e. The number of hydrogen-bond acceptors (Lipinski definition) is 2. The van der Waals surface area contributed by atoms with Crippen LogP contribution in [0.2, 0.25) is 0 Å². The lowest BCUT2D eigenvalue weighted by atomic mass is 9.43. The molecule has 4 bridgehead atoms. The maximum Gasteiger partial charge on any atom is 0.0546 e. The van der Waals surface area contributed by atoms with Gasteiger partial charge in [0.1, 0.15) is 0 Å². The topological polar surface area (TPSA) is 3.24 Å². The predicted octanol–water partition coefficient (Wildman–Crippen LogP) is 17.9. The van der Waals surface area contributed by atoms with Gasteiger partial charge < -0.3 is 4.90 Å². The van der Waals surface area contributed by atoms with Crippen molar-refractivity contribution in [2.45, 2.75) is 37.5 Å². The van der Waals surface area contributed by atoms with E-state index in [0.29, 0.717) is 0 Å². The second-order valence-electron chi connectivity index (χ2n) is 19.6. The Hall–Kier alpha value is -7.00. The van der Waals surface area contributed by atoms with E-state index in [2.05, 4.69) is 217 Å². The normalized spacial score (nSPS) is 21.1. The average molecular weight is 864 g/mol. The monoisotopic (exact) mass is 863 g/mol. The summed E-state index contributed by atoms with van der Waals surface area (Å²) in [6, 6.07) is 80.1. The largest absolute Gasteiger partial charge is 0.310 e. The van der Waals surface area contributed by atoms with Gasteiger partial charge in [-0.1, -0.05) is 170 Å². The highest BCUT2D eigenvalue weighted by molar-refractivity contribution is 7.25. The fourth-order valence-corrected chi connectivity index (χ4v) is 15.0. The van der Waals surface area contributed by atoms with Crippen LogP contribution in [0.3, 0.4) is 0 Å². The Morgan fingerprint density at radius 2 is 0.924 bits per heavy atom. The molecule has 1 nitrogen and oxygen atoms in total. The molecule has 1 aromatic heterocycles. The van der Waals surface area contributed by atoms with Crippen molar-refractivity contribution >= 4 is 48.6 Å². The Morgan fingerprint density at radius 3 is 1.65 bits per heavy atom. The zero-order valence-electron chi connectivity index (χ0n) is 36.9. The molecule has 66 heavy (non-hydrogen) atoms. The summed E-state index contributed by atoms with van der Waals surface area (Å²) < 4.78 is 2.60. The summed E-state index contributed by atoms with van der Waals surface area (Å²) in [7, 11) is 0. The molecule has 0 unspecified atom stereocenters. The minimum absolute atomic E-state index is 0.144. The molecule has 0 atom stereocenters. The van der Waals surface area contributed by atoms with Crippen LogP contribution in [-0.2, 0) is 5.41 Å². The van der Waals surface area contributed by atoms with E-state index >= 15 is 0 Å². The van der Waals surface area contributed by atoms with Crippen molar-refractivity contribution in [2.75, 3.05) is 4.90 Å². The third kappa shape index (κ3) is 5.77. The van der Waals surface area contributed by atoms with Crippen LogP contribution in [0, 0.1) is 23.7 Å². The second kappa shape index (κ2) is 15.0. The molecular formula is C64H49NS. The maximum absolute atomic E-state index is 2.58. The van der Waals surface area contributed by atoms with Crippen molar-refractivity contribution in [2.24, 2.45) is 23.7 Å². The first-order valence-electron chi connectivity index (χ1n) is 24.1. The summed E-state index contributed by atoms with van der Waals surface area (Å²) >= 11 is 1.88. The van der Waals surface area contributed by atoms with Crippen LogP contribution in [-0.4, -0.2) is 0 Å². The van der Waals surface area contributed by atoms with E-state index < -0.39 is 0 Å². The van der Waals surface area contributed by atoms with Crippen LogP contribution < -0.4 is 4.90 Å². The number of nitrogens with zero attached hydrogens (tertiary/aromatic N) is 1. The van der Waals surface area contributed by atoms with Gasteiger partial charge in [0.2, 0.25) is 0 Å². The molecule has 1 heterocycles. The molecule has 2 heteroatoms. The Labute approximate surface area is 391 Å². The molecule has 4 fully saturated rings. The summed E-state index contributed by atoms with van der Waals surface area (Å²) in [5.41, 5.74) is 19.5. The highest BCUT2D eigenvalue weighted by Gasteiger charge is 2.61. The zero-order valence-corrected chi connectivity index (χ0v) is 37.7. The van der Waals surface area contributed by atoms with E-state index in [4.69, 9.17) is 0 Å². The van der Waals surface area contributed by atoms with E-state index in [-0.39, 0.29) is 5.41 Å². The summed E-state index contributed by atoms with van der Waals surface area (Å²) in [6.45, 7) is 0. The van der Waals surface area contributed by atoms with Gasteiger partial charge in [0.25, 0.3) is 0 Å².